The Morgan fingerprint density at radius 2 is 1.78 bits per heavy atom. The second kappa shape index (κ2) is 6.77. The van der Waals surface area contributed by atoms with E-state index in [0.717, 1.165) is 0 Å². The molecule has 1 atom stereocenters. The molecule has 0 heterocycles. The third-order valence-corrected chi connectivity index (χ3v) is 2.85. The molecule has 0 aliphatic carbocycles. The molecule has 96 valence electrons. The summed E-state index contributed by atoms with van der Waals surface area (Å²) in [6, 6.07) is 6.79. The van der Waals surface area contributed by atoms with E-state index in [2.05, 4.69) is 13.2 Å². The van der Waals surface area contributed by atoms with Gasteiger partial charge in [0.15, 0.2) is 5.78 Å². The number of Topliss-reactive ketones (excluding diaryl/α,β-unsaturated/α-hetero) is 1. The topological polar surface area (TPSA) is 46.3 Å². The van der Waals surface area contributed by atoms with Gasteiger partial charge in [0.05, 0.1) is 6.04 Å². The monoisotopic (exact) mass is 244 g/mol. The van der Waals surface area contributed by atoms with Crippen molar-refractivity contribution in [3.63, 3.8) is 0 Å². The molecule has 2 N–H and O–H groups in total. The molecule has 1 unspecified atom stereocenters. The third kappa shape index (κ3) is 3.57. The highest BCUT2D eigenvalue weighted by molar-refractivity contribution is 6.00. The van der Waals surface area contributed by atoms with E-state index in [9.17, 15) is 4.79 Å². The number of nitrogen functional groups attached to an aromatic ring is 1. The second-order valence-electron chi connectivity index (χ2n) is 4.19. The van der Waals surface area contributed by atoms with Crippen LogP contribution in [0.15, 0.2) is 49.6 Å². The molecule has 0 saturated heterocycles. The summed E-state index contributed by atoms with van der Waals surface area (Å²) in [5.74, 6) is 0.0821. The fourth-order valence-electron chi connectivity index (χ4n) is 1.78. The lowest BCUT2D eigenvalue weighted by atomic mass is 10.0. The number of hydrogen-bond acceptors (Lipinski definition) is 3. The minimum Gasteiger partial charge on any atom is -0.399 e. The molecule has 3 nitrogen and oxygen atoms in total. The summed E-state index contributed by atoms with van der Waals surface area (Å²) in [5, 5.41) is 0. The molecular weight excluding hydrogens is 224 g/mol. The molecule has 1 aromatic carbocycles. The van der Waals surface area contributed by atoms with E-state index in [-0.39, 0.29) is 11.8 Å². The molecule has 18 heavy (non-hydrogen) atoms. The van der Waals surface area contributed by atoms with Crippen LogP contribution >= 0.6 is 0 Å². The highest BCUT2D eigenvalue weighted by Gasteiger charge is 2.20. The third-order valence-electron chi connectivity index (χ3n) is 2.85. The molecular formula is C15H20N2O. The van der Waals surface area contributed by atoms with Crippen molar-refractivity contribution in [3.05, 3.63) is 55.1 Å². The van der Waals surface area contributed by atoms with Crippen LogP contribution < -0.4 is 5.73 Å². The van der Waals surface area contributed by atoms with Crippen molar-refractivity contribution in [1.29, 1.82) is 0 Å². The standard InChI is InChI=1S/C15H20N2O/c1-4-10-17(11-5-2)12(3)15(18)13-6-8-14(16)9-7-13/h4-9,12H,1-2,10-11,16H2,3H3. The highest BCUT2D eigenvalue weighted by atomic mass is 16.1. The van der Waals surface area contributed by atoms with E-state index in [1.165, 1.54) is 0 Å². The zero-order chi connectivity index (χ0) is 13.5. The summed E-state index contributed by atoms with van der Waals surface area (Å²) < 4.78 is 0. The van der Waals surface area contributed by atoms with E-state index in [1.54, 1.807) is 36.4 Å². The van der Waals surface area contributed by atoms with Crippen LogP contribution in [0.1, 0.15) is 17.3 Å². The van der Waals surface area contributed by atoms with Gasteiger partial charge in [-0.1, -0.05) is 12.2 Å². The quantitative estimate of drug-likeness (QED) is 0.455. The number of rotatable bonds is 7. The molecule has 0 bridgehead atoms. The SMILES string of the molecule is C=CCN(CC=C)C(C)C(=O)c1ccc(N)cc1. The summed E-state index contributed by atoms with van der Waals surface area (Å²) in [5.41, 5.74) is 6.95. The van der Waals surface area contributed by atoms with Crippen molar-refractivity contribution < 1.29 is 4.79 Å². The highest BCUT2D eigenvalue weighted by Crippen LogP contribution is 2.11. The smallest absolute Gasteiger partial charge is 0.179 e. The molecule has 0 radical (unpaired) electrons. The first-order valence-corrected chi connectivity index (χ1v) is 5.95. The maximum Gasteiger partial charge on any atom is 0.179 e. The van der Waals surface area contributed by atoms with Gasteiger partial charge in [-0.15, -0.1) is 13.2 Å². The predicted molar refractivity (Wildman–Crippen MR) is 76.6 cm³/mol. The minimum absolute atomic E-state index is 0.0821. The van der Waals surface area contributed by atoms with Gasteiger partial charge in [0.1, 0.15) is 0 Å². The summed E-state index contributed by atoms with van der Waals surface area (Å²) in [6.07, 6.45) is 3.58. The zero-order valence-electron chi connectivity index (χ0n) is 10.8. The Bertz CT molecular complexity index is 413. The number of carbonyl (C=O) groups excluding carboxylic acids is 1. The van der Waals surface area contributed by atoms with Crippen LogP contribution in [0, 0.1) is 0 Å². The number of anilines is 1. The molecule has 0 saturated carbocycles. The Morgan fingerprint density at radius 1 is 1.28 bits per heavy atom. The number of nitrogens with zero attached hydrogens (tertiary/aromatic N) is 1. The molecule has 0 aliphatic rings. The van der Waals surface area contributed by atoms with Crippen molar-refractivity contribution in [1.82, 2.24) is 4.90 Å². The van der Waals surface area contributed by atoms with Gasteiger partial charge in [-0.05, 0) is 31.2 Å². The normalized spacial score (nSPS) is 12.1. The Balaban J connectivity index is 2.83. The largest absolute Gasteiger partial charge is 0.399 e. The van der Waals surface area contributed by atoms with Gasteiger partial charge in [-0.3, -0.25) is 9.69 Å². The van der Waals surface area contributed by atoms with Crippen LogP contribution in [-0.2, 0) is 0 Å². The van der Waals surface area contributed by atoms with Gasteiger partial charge in [-0.2, -0.15) is 0 Å². The summed E-state index contributed by atoms with van der Waals surface area (Å²) in [4.78, 5) is 14.3. The van der Waals surface area contributed by atoms with E-state index in [0.29, 0.717) is 24.3 Å². The number of carbonyl (C=O) groups is 1. The lowest BCUT2D eigenvalue weighted by Gasteiger charge is -2.25. The van der Waals surface area contributed by atoms with Gasteiger partial charge in [-0.25, -0.2) is 0 Å². The first-order chi connectivity index (χ1) is 8.60. The van der Waals surface area contributed by atoms with Crippen molar-refractivity contribution in [2.24, 2.45) is 0 Å². The summed E-state index contributed by atoms with van der Waals surface area (Å²) in [6.45, 7) is 10.6. The molecule has 1 aromatic rings. The van der Waals surface area contributed by atoms with E-state index < -0.39 is 0 Å². The van der Waals surface area contributed by atoms with Crippen molar-refractivity contribution in [2.75, 3.05) is 18.8 Å². The average Bonchev–Trinajstić information content (AvgIpc) is 2.38. The Morgan fingerprint density at radius 3 is 2.22 bits per heavy atom. The van der Waals surface area contributed by atoms with Crippen LogP contribution in [0.4, 0.5) is 5.69 Å². The first-order valence-electron chi connectivity index (χ1n) is 5.95. The van der Waals surface area contributed by atoms with Gasteiger partial charge < -0.3 is 5.73 Å². The molecule has 0 aromatic heterocycles. The van der Waals surface area contributed by atoms with Gasteiger partial charge in [0, 0.05) is 24.3 Å². The lowest BCUT2D eigenvalue weighted by Crippen LogP contribution is -2.39. The van der Waals surface area contributed by atoms with Gasteiger partial charge in [0.25, 0.3) is 0 Å². The van der Waals surface area contributed by atoms with Crippen LogP contribution in [0.2, 0.25) is 0 Å². The maximum atomic E-state index is 12.3. The molecule has 0 aliphatic heterocycles. The molecule has 3 heteroatoms. The van der Waals surface area contributed by atoms with Crippen LogP contribution in [0.3, 0.4) is 0 Å². The van der Waals surface area contributed by atoms with Crippen LogP contribution in [0.5, 0.6) is 0 Å². The molecule has 1 rings (SSSR count). The maximum absolute atomic E-state index is 12.3. The molecule has 0 amide bonds. The van der Waals surface area contributed by atoms with Crippen LogP contribution in [-0.4, -0.2) is 29.8 Å². The van der Waals surface area contributed by atoms with Gasteiger partial charge in [0.2, 0.25) is 0 Å². The number of nitrogens with two attached hydrogens (primary N) is 1. The number of benzene rings is 1. The Hall–Kier alpha value is -1.87. The molecule has 0 fully saturated rings. The van der Waals surface area contributed by atoms with Crippen molar-refractivity contribution in [3.8, 4) is 0 Å². The first kappa shape index (κ1) is 14.2. The van der Waals surface area contributed by atoms with Crippen molar-refractivity contribution in [2.45, 2.75) is 13.0 Å². The molecule has 0 spiro atoms. The Labute approximate surface area is 109 Å². The zero-order valence-corrected chi connectivity index (χ0v) is 10.8. The lowest BCUT2D eigenvalue weighted by molar-refractivity contribution is 0.0865. The van der Waals surface area contributed by atoms with Gasteiger partial charge >= 0.3 is 0 Å². The van der Waals surface area contributed by atoms with Crippen molar-refractivity contribution >= 4 is 11.5 Å². The second-order valence-corrected chi connectivity index (χ2v) is 4.19. The van der Waals surface area contributed by atoms with Crippen LogP contribution in [0.25, 0.3) is 0 Å². The summed E-state index contributed by atoms with van der Waals surface area (Å²) >= 11 is 0. The van der Waals surface area contributed by atoms with E-state index in [1.807, 2.05) is 11.8 Å². The minimum atomic E-state index is -0.204. The predicted octanol–water partition coefficient (Wildman–Crippen LogP) is 2.51. The fraction of sp³-hybridized carbons (Fsp3) is 0.267. The number of ketones is 1. The summed E-state index contributed by atoms with van der Waals surface area (Å²) in [7, 11) is 0. The Kier molecular flexibility index (Phi) is 5.33. The van der Waals surface area contributed by atoms with E-state index in [4.69, 9.17) is 5.73 Å². The number of hydrogen-bond donors (Lipinski definition) is 1. The van der Waals surface area contributed by atoms with E-state index >= 15 is 0 Å². The average molecular weight is 244 g/mol. The fourth-order valence-corrected chi connectivity index (χ4v) is 1.78.